The molecule has 0 amide bonds. The van der Waals surface area contributed by atoms with Gasteiger partial charge < -0.3 is 4.98 Å². The van der Waals surface area contributed by atoms with Gasteiger partial charge in [0.1, 0.15) is 0 Å². The second-order valence-electron chi connectivity index (χ2n) is 8.39. The fraction of sp³-hybridized carbons (Fsp3) is 0.235. The van der Waals surface area contributed by atoms with E-state index in [2.05, 4.69) is 103 Å². The first kappa shape index (κ1) is 26.0. The second kappa shape index (κ2) is 14.0. The zero-order chi connectivity index (χ0) is 24.9. The van der Waals surface area contributed by atoms with Crippen LogP contribution in [0.1, 0.15) is 62.1 Å². The first-order valence-corrected chi connectivity index (χ1v) is 13.0. The Labute approximate surface area is 211 Å². The van der Waals surface area contributed by atoms with E-state index < -0.39 is 0 Å². The SMILES string of the molecule is C/C=C\C=C/Cc1ccccc1.CC.CCc1ccccc1C1=Cc2[nH]c3ccccc3c2CC1. The van der Waals surface area contributed by atoms with Crippen molar-refractivity contribution in [2.75, 3.05) is 0 Å². The Morgan fingerprint density at radius 1 is 0.800 bits per heavy atom. The standard InChI is InChI=1S/C20H19N.C12H14.C2H6/c1-2-14-7-3-4-8-16(14)15-11-12-18-17-9-5-6-10-19(17)21-20(18)13-15;1-2-3-4-6-9-12-10-7-5-8-11-12;1-2/h3-10,13,21H,2,11-12H2,1H3;2-8,10-11H,9H2,1H3;1-2H3/b;3-2-,6-4-;. The van der Waals surface area contributed by atoms with Crippen LogP contribution in [0.25, 0.3) is 22.6 Å². The Bertz CT molecular complexity index is 1270. The van der Waals surface area contributed by atoms with Gasteiger partial charge in [0, 0.05) is 16.6 Å². The molecule has 1 heteroatoms. The van der Waals surface area contributed by atoms with Crippen LogP contribution in [0.15, 0.2) is 103 Å². The number of aromatic nitrogens is 1. The molecule has 0 unspecified atom stereocenters. The largest absolute Gasteiger partial charge is 0.355 e. The molecule has 0 atom stereocenters. The normalized spacial score (nSPS) is 12.5. The number of benzene rings is 3. The van der Waals surface area contributed by atoms with Crippen molar-refractivity contribution in [1.82, 2.24) is 4.98 Å². The van der Waals surface area contributed by atoms with Crippen LogP contribution in [0.2, 0.25) is 0 Å². The Morgan fingerprint density at radius 2 is 1.51 bits per heavy atom. The smallest absolute Gasteiger partial charge is 0.0461 e. The Morgan fingerprint density at radius 3 is 2.29 bits per heavy atom. The second-order valence-corrected chi connectivity index (χ2v) is 8.39. The minimum absolute atomic E-state index is 1.02. The average Bonchev–Trinajstić information content (AvgIpc) is 3.31. The van der Waals surface area contributed by atoms with Gasteiger partial charge in [-0.25, -0.2) is 0 Å². The van der Waals surface area contributed by atoms with Gasteiger partial charge >= 0.3 is 0 Å². The third kappa shape index (κ3) is 6.96. The highest BCUT2D eigenvalue weighted by atomic mass is 14.7. The summed E-state index contributed by atoms with van der Waals surface area (Å²) in [7, 11) is 0. The van der Waals surface area contributed by atoms with Crippen LogP contribution in [0, 0.1) is 0 Å². The summed E-state index contributed by atoms with van der Waals surface area (Å²) in [5.41, 5.74) is 9.72. The maximum Gasteiger partial charge on any atom is 0.0461 e. The first-order chi connectivity index (χ1) is 17.3. The molecule has 0 bridgehead atoms. The summed E-state index contributed by atoms with van der Waals surface area (Å²) in [6.45, 7) is 8.25. The van der Waals surface area contributed by atoms with Crippen LogP contribution in [0.4, 0.5) is 0 Å². The lowest BCUT2D eigenvalue weighted by Gasteiger charge is -2.16. The summed E-state index contributed by atoms with van der Waals surface area (Å²) in [6.07, 6.45) is 15.0. The Balaban J connectivity index is 0.000000210. The minimum Gasteiger partial charge on any atom is -0.355 e. The number of aryl methyl sites for hydroxylation is 2. The number of H-pyrrole nitrogens is 1. The molecule has 180 valence electrons. The molecule has 0 saturated carbocycles. The number of para-hydroxylation sites is 1. The van der Waals surface area contributed by atoms with E-state index in [0.29, 0.717) is 0 Å². The lowest BCUT2D eigenvalue weighted by Crippen LogP contribution is -2.00. The van der Waals surface area contributed by atoms with Gasteiger partial charge in [-0.3, -0.25) is 0 Å². The molecule has 1 heterocycles. The molecule has 1 aliphatic carbocycles. The van der Waals surface area contributed by atoms with Crippen LogP contribution < -0.4 is 0 Å². The van der Waals surface area contributed by atoms with E-state index in [1.807, 2.05) is 39.0 Å². The molecule has 0 radical (unpaired) electrons. The molecular formula is C34H39N. The van der Waals surface area contributed by atoms with E-state index in [0.717, 1.165) is 25.7 Å². The van der Waals surface area contributed by atoms with Gasteiger partial charge in [-0.05, 0) is 72.6 Å². The topological polar surface area (TPSA) is 15.8 Å². The predicted octanol–water partition coefficient (Wildman–Crippen LogP) is 9.60. The third-order valence-electron chi connectivity index (χ3n) is 6.19. The molecule has 35 heavy (non-hydrogen) atoms. The minimum atomic E-state index is 1.02. The van der Waals surface area contributed by atoms with E-state index in [9.17, 15) is 0 Å². The fourth-order valence-corrected chi connectivity index (χ4v) is 4.48. The number of nitrogens with one attached hydrogen (secondary N) is 1. The molecule has 3 aromatic carbocycles. The van der Waals surface area contributed by atoms with Crippen molar-refractivity contribution in [2.45, 2.75) is 53.4 Å². The van der Waals surface area contributed by atoms with Gasteiger partial charge in [0.2, 0.25) is 0 Å². The van der Waals surface area contributed by atoms with Gasteiger partial charge in [-0.2, -0.15) is 0 Å². The number of fused-ring (bicyclic) bond motifs is 3. The number of allylic oxidation sites excluding steroid dienone is 5. The van der Waals surface area contributed by atoms with Gasteiger partial charge in [-0.15, -0.1) is 0 Å². The summed E-state index contributed by atoms with van der Waals surface area (Å²) in [5, 5.41) is 1.38. The highest BCUT2D eigenvalue weighted by Crippen LogP contribution is 2.35. The summed E-state index contributed by atoms with van der Waals surface area (Å²) < 4.78 is 0. The first-order valence-electron chi connectivity index (χ1n) is 13.0. The van der Waals surface area contributed by atoms with Crippen molar-refractivity contribution in [3.63, 3.8) is 0 Å². The highest BCUT2D eigenvalue weighted by molar-refractivity contribution is 5.93. The fourth-order valence-electron chi connectivity index (χ4n) is 4.48. The zero-order valence-corrected chi connectivity index (χ0v) is 21.7. The quantitative estimate of drug-likeness (QED) is 0.285. The summed E-state index contributed by atoms with van der Waals surface area (Å²) in [4.78, 5) is 3.58. The van der Waals surface area contributed by atoms with Crippen LogP contribution >= 0.6 is 0 Å². The maximum absolute atomic E-state index is 3.58. The lowest BCUT2D eigenvalue weighted by molar-refractivity contribution is 1.000. The van der Waals surface area contributed by atoms with Crippen molar-refractivity contribution in [3.8, 4) is 0 Å². The van der Waals surface area contributed by atoms with Crippen LogP contribution in [0.5, 0.6) is 0 Å². The molecule has 1 nitrogen and oxygen atoms in total. The number of aromatic amines is 1. The van der Waals surface area contributed by atoms with E-state index in [4.69, 9.17) is 0 Å². The van der Waals surface area contributed by atoms with Crippen molar-refractivity contribution in [2.24, 2.45) is 0 Å². The monoisotopic (exact) mass is 461 g/mol. The molecule has 0 saturated heterocycles. The highest BCUT2D eigenvalue weighted by Gasteiger charge is 2.17. The summed E-state index contributed by atoms with van der Waals surface area (Å²) in [5.74, 6) is 0. The van der Waals surface area contributed by atoms with Gasteiger partial charge in [0.15, 0.2) is 0 Å². The van der Waals surface area contributed by atoms with E-state index in [1.54, 1.807) is 0 Å². The number of hydrogen-bond donors (Lipinski definition) is 1. The van der Waals surface area contributed by atoms with Gasteiger partial charge in [-0.1, -0.05) is 118 Å². The van der Waals surface area contributed by atoms with Crippen molar-refractivity contribution in [3.05, 3.63) is 131 Å². The van der Waals surface area contributed by atoms with Crippen LogP contribution in [-0.4, -0.2) is 4.98 Å². The molecule has 0 aliphatic heterocycles. The maximum atomic E-state index is 3.58. The summed E-state index contributed by atoms with van der Waals surface area (Å²) >= 11 is 0. The molecule has 0 spiro atoms. The van der Waals surface area contributed by atoms with E-state index >= 15 is 0 Å². The van der Waals surface area contributed by atoms with Crippen molar-refractivity contribution < 1.29 is 0 Å². The zero-order valence-electron chi connectivity index (χ0n) is 21.7. The average molecular weight is 462 g/mol. The van der Waals surface area contributed by atoms with Crippen molar-refractivity contribution in [1.29, 1.82) is 0 Å². The van der Waals surface area contributed by atoms with Crippen LogP contribution in [0.3, 0.4) is 0 Å². The Hall–Kier alpha value is -3.58. The van der Waals surface area contributed by atoms with E-state index in [1.165, 1.54) is 44.4 Å². The molecule has 5 rings (SSSR count). The number of rotatable bonds is 5. The van der Waals surface area contributed by atoms with Crippen LogP contribution in [-0.2, 0) is 19.3 Å². The number of hydrogen-bond acceptors (Lipinski definition) is 0. The molecule has 1 aliphatic rings. The molecule has 1 aromatic heterocycles. The van der Waals surface area contributed by atoms with Crippen molar-refractivity contribution >= 4 is 22.6 Å². The van der Waals surface area contributed by atoms with E-state index in [-0.39, 0.29) is 0 Å². The molecule has 4 aromatic rings. The van der Waals surface area contributed by atoms with Gasteiger partial charge in [0.05, 0.1) is 0 Å². The molecule has 0 fully saturated rings. The predicted molar refractivity (Wildman–Crippen MR) is 156 cm³/mol. The summed E-state index contributed by atoms with van der Waals surface area (Å²) in [6, 6.07) is 27.9. The van der Waals surface area contributed by atoms with Gasteiger partial charge in [0.25, 0.3) is 0 Å². The molecule has 1 N–H and O–H groups in total. The third-order valence-corrected chi connectivity index (χ3v) is 6.19. The Kier molecular flexibility index (Phi) is 10.4. The lowest BCUT2D eigenvalue weighted by atomic mass is 9.88. The molecular weight excluding hydrogens is 422 g/mol.